The van der Waals surface area contributed by atoms with Gasteiger partial charge >= 0.3 is 0 Å². The summed E-state index contributed by atoms with van der Waals surface area (Å²) in [5, 5.41) is 2.65. The first-order valence-corrected chi connectivity index (χ1v) is 13.8. The van der Waals surface area contributed by atoms with Gasteiger partial charge in [0.15, 0.2) is 0 Å². The number of para-hydroxylation sites is 1. The highest BCUT2D eigenvalue weighted by molar-refractivity contribution is 7.92. The normalized spacial score (nSPS) is 11.9. The van der Waals surface area contributed by atoms with Crippen LogP contribution in [0.1, 0.15) is 24.2 Å². The third-order valence-electron chi connectivity index (χ3n) is 5.07. The lowest BCUT2D eigenvalue weighted by Crippen LogP contribution is -2.30. The van der Waals surface area contributed by atoms with Crippen molar-refractivity contribution in [1.82, 2.24) is 4.31 Å². The van der Waals surface area contributed by atoms with Gasteiger partial charge in [-0.2, -0.15) is 4.31 Å². The van der Waals surface area contributed by atoms with E-state index < -0.39 is 31.8 Å². The molecule has 3 aromatic carbocycles. The van der Waals surface area contributed by atoms with E-state index in [4.69, 9.17) is 11.6 Å². The molecule has 0 aliphatic rings. The highest BCUT2D eigenvalue weighted by Gasteiger charge is 2.24. The zero-order chi connectivity index (χ0) is 25.8. The highest BCUT2D eigenvalue weighted by atomic mass is 35.5. The smallest absolute Gasteiger partial charge is 0.261 e. The Labute approximate surface area is 208 Å². The fourth-order valence-corrected chi connectivity index (χ4v) is 5.98. The minimum Gasteiger partial charge on any atom is -0.321 e. The summed E-state index contributed by atoms with van der Waals surface area (Å²) >= 11 is 6.20. The number of carbonyl (C=O) groups is 1. The van der Waals surface area contributed by atoms with Crippen molar-refractivity contribution < 1.29 is 26.0 Å². The Kier molecular flexibility index (Phi) is 8.16. The molecule has 0 radical (unpaired) electrons. The van der Waals surface area contributed by atoms with Crippen LogP contribution >= 0.6 is 11.6 Å². The van der Waals surface area contributed by atoms with Crippen LogP contribution in [-0.4, -0.2) is 40.1 Å². The van der Waals surface area contributed by atoms with E-state index in [1.54, 1.807) is 13.8 Å². The predicted octanol–water partition coefficient (Wildman–Crippen LogP) is 4.56. The number of rotatable bonds is 9. The lowest BCUT2D eigenvalue weighted by atomic mass is 10.1. The molecule has 0 saturated heterocycles. The molecule has 0 unspecified atom stereocenters. The van der Waals surface area contributed by atoms with Crippen LogP contribution in [0.3, 0.4) is 0 Å². The van der Waals surface area contributed by atoms with E-state index in [1.165, 1.54) is 46.8 Å². The van der Waals surface area contributed by atoms with Gasteiger partial charge in [-0.15, -0.1) is 0 Å². The van der Waals surface area contributed by atoms with Gasteiger partial charge in [-0.25, -0.2) is 21.2 Å². The molecule has 0 fully saturated rings. The monoisotopic (exact) mass is 539 g/mol. The molecule has 2 N–H and O–H groups in total. The zero-order valence-corrected chi connectivity index (χ0v) is 21.2. The number of benzene rings is 3. The first kappa shape index (κ1) is 26.6. The second kappa shape index (κ2) is 10.7. The molecule has 0 aromatic heterocycles. The van der Waals surface area contributed by atoms with E-state index in [0.717, 1.165) is 24.3 Å². The number of sulfonamides is 2. The van der Waals surface area contributed by atoms with Crippen LogP contribution in [0.4, 0.5) is 15.8 Å². The minimum absolute atomic E-state index is 0.0302. The number of nitrogens with one attached hydrogen (secondary N) is 2. The van der Waals surface area contributed by atoms with Crippen molar-refractivity contribution in [3.05, 3.63) is 83.1 Å². The number of hydrogen-bond acceptors (Lipinski definition) is 5. The van der Waals surface area contributed by atoms with Gasteiger partial charge < -0.3 is 5.32 Å². The van der Waals surface area contributed by atoms with Crippen LogP contribution < -0.4 is 10.0 Å². The van der Waals surface area contributed by atoms with Crippen LogP contribution in [-0.2, 0) is 20.0 Å². The van der Waals surface area contributed by atoms with Crippen LogP contribution in [0, 0.1) is 5.82 Å². The van der Waals surface area contributed by atoms with Gasteiger partial charge in [0.1, 0.15) is 5.82 Å². The van der Waals surface area contributed by atoms with Gasteiger partial charge in [0, 0.05) is 13.1 Å². The number of carbonyl (C=O) groups excluding carboxylic acids is 1. The minimum atomic E-state index is -4.12. The molecular weight excluding hydrogens is 517 g/mol. The summed E-state index contributed by atoms with van der Waals surface area (Å²) in [7, 11) is -7.92. The van der Waals surface area contributed by atoms with Crippen molar-refractivity contribution in [2.45, 2.75) is 23.6 Å². The van der Waals surface area contributed by atoms with E-state index >= 15 is 0 Å². The Morgan fingerprint density at radius 2 is 1.49 bits per heavy atom. The van der Waals surface area contributed by atoms with Crippen molar-refractivity contribution in [3.63, 3.8) is 0 Å². The summed E-state index contributed by atoms with van der Waals surface area (Å²) in [4.78, 5) is 12.8. The molecule has 3 rings (SSSR count). The van der Waals surface area contributed by atoms with Crippen molar-refractivity contribution >= 4 is 48.9 Å². The maximum absolute atomic E-state index is 13.2. The van der Waals surface area contributed by atoms with Gasteiger partial charge in [-0.1, -0.05) is 37.6 Å². The summed E-state index contributed by atoms with van der Waals surface area (Å²) in [6.45, 7) is 3.96. The first-order valence-electron chi connectivity index (χ1n) is 10.5. The molecule has 1 amide bonds. The van der Waals surface area contributed by atoms with Gasteiger partial charge in [0.05, 0.1) is 31.8 Å². The zero-order valence-electron chi connectivity index (χ0n) is 18.8. The summed E-state index contributed by atoms with van der Waals surface area (Å²) in [6, 6.07) is 14.0. The predicted molar refractivity (Wildman–Crippen MR) is 133 cm³/mol. The number of halogens is 2. The van der Waals surface area contributed by atoms with E-state index in [2.05, 4.69) is 10.0 Å². The van der Waals surface area contributed by atoms with Crippen molar-refractivity contribution in [2.24, 2.45) is 0 Å². The molecule has 3 aromatic rings. The molecule has 0 atom stereocenters. The van der Waals surface area contributed by atoms with Gasteiger partial charge in [-0.3, -0.25) is 9.52 Å². The molecule has 0 heterocycles. The van der Waals surface area contributed by atoms with Gasteiger partial charge in [0.25, 0.3) is 15.9 Å². The summed E-state index contributed by atoms with van der Waals surface area (Å²) in [5.41, 5.74) is -0.0234. The van der Waals surface area contributed by atoms with Crippen molar-refractivity contribution in [1.29, 1.82) is 0 Å². The van der Waals surface area contributed by atoms with Crippen LogP contribution in [0.2, 0.25) is 5.02 Å². The SMILES string of the molecule is CCN(CC)S(=O)(=O)c1ccc(Cl)c(NC(=O)c2ccccc2NS(=O)(=O)c2ccc(F)cc2)c1. The molecule has 0 spiro atoms. The fraction of sp³-hybridized carbons (Fsp3) is 0.174. The van der Waals surface area contributed by atoms with Crippen molar-refractivity contribution in [3.8, 4) is 0 Å². The highest BCUT2D eigenvalue weighted by Crippen LogP contribution is 2.28. The molecular formula is C23H23ClFN3O5S2. The average Bonchev–Trinajstić information content (AvgIpc) is 2.81. The Morgan fingerprint density at radius 3 is 2.11 bits per heavy atom. The van der Waals surface area contributed by atoms with E-state index in [1.807, 2.05) is 0 Å². The summed E-state index contributed by atoms with van der Waals surface area (Å²) < 4.78 is 67.9. The van der Waals surface area contributed by atoms with E-state index in [0.29, 0.717) is 0 Å². The van der Waals surface area contributed by atoms with Gasteiger partial charge in [0.2, 0.25) is 10.0 Å². The molecule has 0 saturated carbocycles. The third kappa shape index (κ3) is 5.99. The lowest BCUT2D eigenvalue weighted by Gasteiger charge is -2.19. The van der Waals surface area contributed by atoms with E-state index in [9.17, 15) is 26.0 Å². The Hall–Kier alpha value is -2.99. The molecule has 8 nitrogen and oxygen atoms in total. The second-order valence-corrected chi connectivity index (χ2v) is 11.3. The number of anilines is 2. The first-order chi connectivity index (χ1) is 16.5. The number of hydrogen-bond donors (Lipinski definition) is 2. The molecule has 35 heavy (non-hydrogen) atoms. The molecule has 0 aliphatic heterocycles. The Bertz CT molecular complexity index is 1440. The fourth-order valence-electron chi connectivity index (χ4n) is 3.25. The maximum atomic E-state index is 13.2. The molecule has 186 valence electrons. The van der Waals surface area contributed by atoms with Crippen LogP contribution in [0.5, 0.6) is 0 Å². The molecule has 0 aliphatic carbocycles. The Balaban J connectivity index is 1.91. The van der Waals surface area contributed by atoms with E-state index in [-0.39, 0.29) is 44.8 Å². The largest absolute Gasteiger partial charge is 0.321 e. The summed E-state index contributed by atoms with van der Waals surface area (Å²) in [6.07, 6.45) is 0. The standard InChI is InChI=1S/C23H23ClFN3O5S2/c1-3-28(4-2)35(32,33)18-13-14-20(24)22(15-18)26-23(29)19-7-5-6-8-21(19)27-34(30,31)17-11-9-16(25)10-12-17/h5-15,27H,3-4H2,1-2H3,(H,26,29). The molecule has 12 heteroatoms. The van der Waals surface area contributed by atoms with Gasteiger partial charge in [-0.05, 0) is 54.6 Å². The third-order valence-corrected chi connectivity index (χ3v) is 8.83. The van der Waals surface area contributed by atoms with Crippen LogP contribution in [0.15, 0.2) is 76.5 Å². The van der Waals surface area contributed by atoms with Crippen molar-refractivity contribution in [2.75, 3.05) is 23.1 Å². The average molecular weight is 540 g/mol. The second-order valence-electron chi connectivity index (χ2n) is 7.29. The number of amides is 1. The quantitative estimate of drug-likeness (QED) is 0.414. The topological polar surface area (TPSA) is 113 Å². The maximum Gasteiger partial charge on any atom is 0.261 e. The lowest BCUT2D eigenvalue weighted by molar-refractivity contribution is 0.102. The number of nitrogens with zero attached hydrogens (tertiary/aromatic N) is 1. The summed E-state index contributed by atoms with van der Waals surface area (Å²) in [5.74, 6) is -1.31. The molecule has 0 bridgehead atoms. The Morgan fingerprint density at radius 1 is 0.886 bits per heavy atom. The van der Waals surface area contributed by atoms with Crippen LogP contribution in [0.25, 0.3) is 0 Å².